The van der Waals surface area contributed by atoms with Gasteiger partial charge in [0.1, 0.15) is 11.6 Å². The van der Waals surface area contributed by atoms with Crippen molar-refractivity contribution in [1.82, 2.24) is 20.4 Å². The third-order valence-electron chi connectivity index (χ3n) is 4.55. The monoisotopic (exact) mass is 348 g/mol. The van der Waals surface area contributed by atoms with Crippen molar-refractivity contribution in [3.8, 4) is 0 Å². The molecule has 134 valence electrons. The maximum atomic E-state index is 14.0. The minimum atomic E-state index is -0.582. The van der Waals surface area contributed by atoms with Gasteiger partial charge in [-0.2, -0.15) is 5.10 Å². The number of benzene rings is 1. The summed E-state index contributed by atoms with van der Waals surface area (Å²) in [5.74, 6) is -0.706. The Morgan fingerprint density at radius 1 is 1.40 bits per heavy atom. The highest BCUT2D eigenvalue weighted by Gasteiger charge is 2.22. The number of hydrogen-bond donors (Lipinski definition) is 2. The zero-order chi connectivity index (χ0) is 17.8. The molecule has 25 heavy (non-hydrogen) atoms. The molecule has 2 N–H and O–H groups in total. The van der Waals surface area contributed by atoms with Gasteiger partial charge in [0.2, 0.25) is 5.91 Å². The first-order valence-corrected chi connectivity index (χ1v) is 8.45. The van der Waals surface area contributed by atoms with Gasteiger partial charge in [0, 0.05) is 38.8 Å². The quantitative estimate of drug-likeness (QED) is 0.841. The van der Waals surface area contributed by atoms with Crippen LogP contribution in [-0.2, 0) is 18.3 Å². The second-order valence-corrected chi connectivity index (χ2v) is 6.52. The van der Waals surface area contributed by atoms with Crippen LogP contribution in [0.5, 0.6) is 0 Å². The third kappa shape index (κ3) is 4.63. The molecule has 7 heteroatoms. The first-order valence-electron chi connectivity index (χ1n) is 8.45. The SMILES string of the molecule is Cn1ccc(C(Cc2ccc(F)cc2F)NCC2CCC(=O)NC2)n1. The molecule has 1 aromatic heterocycles. The van der Waals surface area contributed by atoms with Crippen LogP contribution in [0.2, 0.25) is 0 Å². The fourth-order valence-electron chi connectivity index (χ4n) is 3.07. The largest absolute Gasteiger partial charge is 0.356 e. The molecule has 2 atom stereocenters. The highest BCUT2D eigenvalue weighted by atomic mass is 19.1. The minimum Gasteiger partial charge on any atom is -0.356 e. The zero-order valence-electron chi connectivity index (χ0n) is 14.1. The molecule has 3 rings (SSSR count). The van der Waals surface area contributed by atoms with Crippen LogP contribution in [0.1, 0.15) is 30.1 Å². The molecule has 2 unspecified atom stereocenters. The third-order valence-corrected chi connectivity index (χ3v) is 4.55. The first kappa shape index (κ1) is 17.5. The van der Waals surface area contributed by atoms with E-state index in [1.54, 1.807) is 4.68 Å². The van der Waals surface area contributed by atoms with Crippen molar-refractivity contribution in [1.29, 1.82) is 0 Å². The number of carbonyl (C=O) groups is 1. The number of nitrogens with zero attached hydrogens (tertiary/aromatic N) is 2. The van der Waals surface area contributed by atoms with Crippen LogP contribution >= 0.6 is 0 Å². The highest BCUT2D eigenvalue weighted by Crippen LogP contribution is 2.21. The Morgan fingerprint density at radius 3 is 2.88 bits per heavy atom. The number of piperidine rings is 1. The van der Waals surface area contributed by atoms with E-state index < -0.39 is 11.6 Å². The summed E-state index contributed by atoms with van der Waals surface area (Å²) in [6.45, 7) is 1.34. The Balaban J connectivity index is 1.70. The van der Waals surface area contributed by atoms with Crippen LogP contribution in [-0.4, -0.2) is 28.8 Å². The van der Waals surface area contributed by atoms with Crippen LogP contribution in [0.4, 0.5) is 8.78 Å². The van der Waals surface area contributed by atoms with Gasteiger partial charge in [-0.15, -0.1) is 0 Å². The van der Waals surface area contributed by atoms with E-state index in [4.69, 9.17) is 0 Å². The van der Waals surface area contributed by atoms with Gasteiger partial charge in [0.25, 0.3) is 0 Å². The molecule has 1 fully saturated rings. The second-order valence-electron chi connectivity index (χ2n) is 6.52. The van der Waals surface area contributed by atoms with Crippen LogP contribution in [0.25, 0.3) is 0 Å². The summed E-state index contributed by atoms with van der Waals surface area (Å²) in [6, 6.07) is 5.36. The van der Waals surface area contributed by atoms with E-state index in [2.05, 4.69) is 15.7 Å². The number of carbonyl (C=O) groups excluding carboxylic acids is 1. The molecule has 2 heterocycles. The predicted octanol–water partition coefficient (Wildman–Crippen LogP) is 2.10. The Hall–Kier alpha value is -2.28. The van der Waals surface area contributed by atoms with Crippen molar-refractivity contribution >= 4 is 5.91 Å². The van der Waals surface area contributed by atoms with Gasteiger partial charge in [-0.25, -0.2) is 8.78 Å². The molecule has 0 radical (unpaired) electrons. The van der Waals surface area contributed by atoms with Gasteiger partial charge < -0.3 is 10.6 Å². The van der Waals surface area contributed by atoms with E-state index in [9.17, 15) is 13.6 Å². The summed E-state index contributed by atoms with van der Waals surface area (Å²) in [4.78, 5) is 11.3. The summed E-state index contributed by atoms with van der Waals surface area (Å²) in [5, 5.41) is 10.7. The van der Waals surface area contributed by atoms with E-state index in [-0.39, 0.29) is 11.9 Å². The Labute approximate surface area is 145 Å². The topological polar surface area (TPSA) is 59.0 Å². The average Bonchev–Trinajstić information content (AvgIpc) is 3.01. The summed E-state index contributed by atoms with van der Waals surface area (Å²) < 4.78 is 28.9. The number of rotatable bonds is 6. The molecule has 0 spiro atoms. The zero-order valence-corrected chi connectivity index (χ0v) is 14.1. The van der Waals surface area contributed by atoms with Gasteiger partial charge in [-0.1, -0.05) is 6.07 Å². The number of halogens is 2. The lowest BCUT2D eigenvalue weighted by Gasteiger charge is -2.25. The summed E-state index contributed by atoms with van der Waals surface area (Å²) in [6.07, 6.45) is 3.58. The van der Waals surface area contributed by atoms with E-state index in [0.717, 1.165) is 18.2 Å². The predicted molar refractivity (Wildman–Crippen MR) is 89.7 cm³/mol. The normalized spacial score (nSPS) is 18.8. The summed E-state index contributed by atoms with van der Waals surface area (Å²) >= 11 is 0. The lowest BCUT2D eigenvalue weighted by atomic mass is 9.97. The van der Waals surface area contributed by atoms with E-state index >= 15 is 0 Å². The maximum Gasteiger partial charge on any atom is 0.220 e. The molecule has 1 saturated heterocycles. The number of nitrogens with one attached hydrogen (secondary N) is 2. The van der Waals surface area contributed by atoms with Gasteiger partial charge in [0.15, 0.2) is 0 Å². The minimum absolute atomic E-state index is 0.0888. The number of aryl methyl sites for hydroxylation is 1. The molecule has 1 aliphatic rings. The van der Waals surface area contributed by atoms with Gasteiger partial charge in [-0.3, -0.25) is 9.48 Å². The number of amides is 1. The summed E-state index contributed by atoms with van der Waals surface area (Å²) in [5.41, 5.74) is 1.26. The van der Waals surface area contributed by atoms with Crippen molar-refractivity contribution in [2.75, 3.05) is 13.1 Å². The number of hydrogen-bond acceptors (Lipinski definition) is 3. The lowest BCUT2D eigenvalue weighted by molar-refractivity contribution is -0.122. The van der Waals surface area contributed by atoms with Crippen LogP contribution in [0.3, 0.4) is 0 Å². The van der Waals surface area contributed by atoms with Crippen molar-refractivity contribution < 1.29 is 13.6 Å². The van der Waals surface area contributed by atoms with Crippen LogP contribution in [0.15, 0.2) is 30.5 Å². The van der Waals surface area contributed by atoms with E-state index in [1.165, 1.54) is 12.1 Å². The van der Waals surface area contributed by atoms with Crippen molar-refractivity contribution in [3.63, 3.8) is 0 Å². The van der Waals surface area contributed by atoms with Gasteiger partial charge in [0.05, 0.1) is 11.7 Å². The highest BCUT2D eigenvalue weighted by molar-refractivity contribution is 5.76. The Bertz CT molecular complexity index is 736. The molecular weight excluding hydrogens is 326 g/mol. The van der Waals surface area contributed by atoms with Crippen molar-refractivity contribution in [2.24, 2.45) is 13.0 Å². The molecule has 0 bridgehead atoms. The molecule has 1 amide bonds. The Morgan fingerprint density at radius 2 is 2.24 bits per heavy atom. The molecule has 1 aromatic carbocycles. The standard InChI is InChI=1S/C18H22F2N4O/c1-24-7-6-16(23-24)17(8-13-3-4-14(19)9-15(13)20)21-10-12-2-5-18(25)22-11-12/h3-4,6-7,9,12,17,21H,2,5,8,10-11H2,1H3,(H,22,25). The van der Waals surface area contributed by atoms with Gasteiger partial charge >= 0.3 is 0 Å². The van der Waals surface area contributed by atoms with Crippen LogP contribution < -0.4 is 10.6 Å². The van der Waals surface area contributed by atoms with E-state index in [1.807, 2.05) is 19.3 Å². The van der Waals surface area contributed by atoms with Crippen molar-refractivity contribution in [2.45, 2.75) is 25.3 Å². The Kier molecular flexibility index (Phi) is 5.43. The lowest BCUT2D eigenvalue weighted by Crippen LogP contribution is -2.40. The fourth-order valence-corrected chi connectivity index (χ4v) is 3.07. The van der Waals surface area contributed by atoms with Crippen LogP contribution in [0, 0.1) is 17.6 Å². The van der Waals surface area contributed by atoms with Gasteiger partial charge in [-0.05, 0) is 36.5 Å². The smallest absolute Gasteiger partial charge is 0.220 e. The number of aromatic nitrogens is 2. The molecule has 5 nitrogen and oxygen atoms in total. The van der Waals surface area contributed by atoms with Crippen molar-refractivity contribution in [3.05, 3.63) is 53.4 Å². The maximum absolute atomic E-state index is 14.0. The van der Waals surface area contributed by atoms with E-state index in [0.29, 0.717) is 37.4 Å². The molecule has 2 aromatic rings. The molecule has 0 saturated carbocycles. The average molecular weight is 348 g/mol. The fraction of sp³-hybridized carbons (Fsp3) is 0.444. The second kappa shape index (κ2) is 7.74. The molecular formula is C18H22F2N4O. The summed E-state index contributed by atoms with van der Waals surface area (Å²) in [7, 11) is 1.83. The molecule has 1 aliphatic heterocycles. The molecule has 0 aliphatic carbocycles. The first-order chi connectivity index (χ1) is 12.0.